The van der Waals surface area contributed by atoms with E-state index in [0.29, 0.717) is 6.79 Å². The predicted octanol–water partition coefficient (Wildman–Crippen LogP) is -0.167. The van der Waals surface area contributed by atoms with Gasteiger partial charge in [0.2, 0.25) is 0 Å². The minimum absolute atomic E-state index is 0. The van der Waals surface area contributed by atoms with E-state index in [4.69, 9.17) is 9.47 Å². The van der Waals surface area contributed by atoms with Crippen molar-refractivity contribution in [3.05, 3.63) is 0 Å². The monoisotopic (exact) mass is 134 g/mol. The molecule has 0 aromatic rings. The maximum absolute atomic E-state index is 4.85. The molecule has 0 N–H and O–H groups in total. The second kappa shape index (κ2) is 10.4. The zero-order valence-electron chi connectivity index (χ0n) is 4.94. The lowest BCUT2D eigenvalue weighted by molar-refractivity contribution is -0.0445. The van der Waals surface area contributed by atoms with Gasteiger partial charge in [0.25, 0.3) is 0 Å². The smallest absolute Gasteiger partial charge is 0.187 e. The van der Waals surface area contributed by atoms with Gasteiger partial charge >= 0.3 is 0 Å². The van der Waals surface area contributed by atoms with Gasteiger partial charge in [0, 0.05) is 13.2 Å². The Morgan fingerprint density at radius 2 is 1.38 bits per heavy atom. The van der Waals surface area contributed by atoms with E-state index in [1.807, 2.05) is 13.8 Å². The van der Waals surface area contributed by atoms with Crippen LogP contribution < -0.4 is 0 Å². The maximum atomic E-state index is 4.85. The summed E-state index contributed by atoms with van der Waals surface area (Å²) in [6.45, 7) is 5.80. The minimum atomic E-state index is 0. The van der Waals surface area contributed by atoms with E-state index in [-0.39, 0.29) is 17.4 Å². The Kier molecular flexibility index (Phi) is 14.7. The summed E-state index contributed by atoms with van der Waals surface area (Å²) in [7, 11) is 0. The zero-order valence-corrected chi connectivity index (χ0v) is 4.94. The molecule has 0 fully saturated rings. The fourth-order valence-electron chi connectivity index (χ4n) is 0.226. The van der Waals surface area contributed by atoms with Crippen molar-refractivity contribution in [1.29, 1.82) is 0 Å². The molecule has 0 bridgehead atoms. The highest BCUT2D eigenvalue weighted by molar-refractivity contribution is 5.75. The van der Waals surface area contributed by atoms with Crippen LogP contribution in [0.3, 0.4) is 0 Å². The molecule has 0 rings (SSSR count). The van der Waals surface area contributed by atoms with Crippen LogP contribution in [0.4, 0.5) is 0 Å². The summed E-state index contributed by atoms with van der Waals surface area (Å²) in [5.74, 6) is 0. The molecular weight excluding hydrogens is 119 g/mol. The number of rotatable bonds is 4. The van der Waals surface area contributed by atoms with Gasteiger partial charge < -0.3 is 9.47 Å². The number of hydrogen-bond donors (Lipinski definition) is 0. The largest absolute Gasteiger partial charge is 0.356 e. The van der Waals surface area contributed by atoms with E-state index in [1.165, 1.54) is 0 Å². The Bertz CT molecular complexity index is 29.6. The maximum Gasteiger partial charge on any atom is 0.187 e. The standard InChI is InChI=1S/C5H12O2.Al.3H/c1-3-6-5-7-4-2;;;;/h3-5H2,1-2H3;;;;. The molecule has 0 unspecified atom stereocenters. The van der Waals surface area contributed by atoms with Gasteiger partial charge in [-0.05, 0) is 13.8 Å². The van der Waals surface area contributed by atoms with Crippen LogP contribution in [0.2, 0.25) is 0 Å². The summed E-state index contributed by atoms with van der Waals surface area (Å²) in [5.41, 5.74) is 0. The first-order valence-corrected chi connectivity index (χ1v) is 2.57. The average molecular weight is 134 g/mol. The van der Waals surface area contributed by atoms with Crippen LogP contribution in [0.1, 0.15) is 13.8 Å². The van der Waals surface area contributed by atoms with Gasteiger partial charge in [-0.2, -0.15) is 0 Å². The molecule has 3 heteroatoms. The van der Waals surface area contributed by atoms with E-state index in [1.54, 1.807) is 0 Å². The highest BCUT2D eigenvalue weighted by Crippen LogP contribution is 1.74. The first-order valence-electron chi connectivity index (χ1n) is 2.57. The SMILES string of the molecule is CCOCOCC.[AlH3]. The van der Waals surface area contributed by atoms with Gasteiger partial charge in [0.05, 0.1) is 0 Å². The van der Waals surface area contributed by atoms with E-state index in [9.17, 15) is 0 Å². The molecule has 2 nitrogen and oxygen atoms in total. The molecular formula is C5H15AlO2. The van der Waals surface area contributed by atoms with Gasteiger partial charge in [-0.25, -0.2) is 0 Å². The lowest BCUT2D eigenvalue weighted by Crippen LogP contribution is -1.97. The molecule has 0 heterocycles. The molecule has 0 spiro atoms. The fourth-order valence-corrected chi connectivity index (χ4v) is 0.226. The minimum Gasteiger partial charge on any atom is -0.356 e. The number of hydrogen-bond acceptors (Lipinski definition) is 2. The van der Waals surface area contributed by atoms with E-state index >= 15 is 0 Å². The fraction of sp³-hybridized carbons (Fsp3) is 1.00. The van der Waals surface area contributed by atoms with Crippen molar-refractivity contribution in [3.8, 4) is 0 Å². The van der Waals surface area contributed by atoms with Crippen LogP contribution in [0.15, 0.2) is 0 Å². The molecule has 0 radical (unpaired) electrons. The zero-order chi connectivity index (χ0) is 5.54. The quantitative estimate of drug-likeness (QED) is 0.302. The van der Waals surface area contributed by atoms with Crippen LogP contribution in [-0.2, 0) is 9.47 Å². The highest BCUT2D eigenvalue weighted by Gasteiger charge is 1.76. The Balaban J connectivity index is 0. The number of ether oxygens (including phenoxy) is 2. The third-order valence-electron chi connectivity index (χ3n) is 0.575. The summed E-state index contributed by atoms with van der Waals surface area (Å²) in [5, 5.41) is 0. The van der Waals surface area contributed by atoms with Gasteiger partial charge in [-0.1, -0.05) is 0 Å². The van der Waals surface area contributed by atoms with Crippen molar-refractivity contribution >= 4 is 17.4 Å². The summed E-state index contributed by atoms with van der Waals surface area (Å²) < 4.78 is 9.70. The highest BCUT2D eigenvalue weighted by atomic mass is 27.0. The second-order valence-electron chi connectivity index (χ2n) is 1.10. The summed E-state index contributed by atoms with van der Waals surface area (Å²) in [6.07, 6.45) is 0. The molecule has 0 atom stereocenters. The molecule has 8 heavy (non-hydrogen) atoms. The van der Waals surface area contributed by atoms with Crippen LogP contribution in [-0.4, -0.2) is 37.4 Å². The van der Waals surface area contributed by atoms with Crippen molar-refractivity contribution < 1.29 is 9.47 Å². The van der Waals surface area contributed by atoms with Gasteiger partial charge in [-0.3, -0.25) is 0 Å². The Labute approximate surface area is 61.3 Å². The molecule has 0 aliphatic heterocycles. The third-order valence-corrected chi connectivity index (χ3v) is 0.575. The van der Waals surface area contributed by atoms with E-state index in [0.717, 1.165) is 13.2 Å². The predicted molar refractivity (Wildman–Crippen MR) is 38.1 cm³/mol. The van der Waals surface area contributed by atoms with Crippen LogP contribution >= 0.6 is 0 Å². The van der Waals surface area contributed by atoms with Crippen molar-refractivity contribution in [2.24, 2.45) is 0 Å². The topological polar surface area (TPSA) is 18.5 Å². The Morgan fingerprint density at radius 1 is 1.00 bits per heavy atom. The Hall–Kier alpha value is 0.452. The molecule has 0 saturated carbocycles. The second-order valence-corrected chi connectivity index (χ2v) is 1.10. The van der Waals surface area contributed by atoms with Crippen LogP contribution in [0, 0.1) is 0 Å². The molecule has 0 aromatic heterocycles. The summed E-state index contributed by atoms with van der Waals surface area (Å²) >= 11 is 0. The first-order chi connectivity index (χ1) is 3.41. The lowest BCUT2D eigenvalue weighted by Gasteiger charge is -1.97. The third kappa shape index (κ3) is 9.68. The molecule has 50 valence electrons. The van der Waals surface area contributed by atoms with Gasteiger partial charge in [-0.15, -0.1) is 0 Å². The normalized spacial score (nSPS) is 8.25. The first kappa shape index (κ1) is 11.3. The summed E-state index contributed by atoms with van der Waals surface area (Å²) in [6, 6.07) is 0. The van der Waals surface area contributed by atoms with Crippen molar-refractivity contribution in [1.82, 2.24) is 0 Å². The Morgan fingerprint density at radius 3 is 1.62 bits per heavy atom. The molecule has 0 aromatic carbocycles. The lowest BCUT2D eigenvalue weighted by atomic mass is 10.9. The van der Waals surface area contributed by atoms with E-state index < -0.39 is 0 Å². The van der Waals surface area contributed by atoms with Crippen molar-refractivity contribution in [2.75, 3.05) is 20.0 Å². The molecule has 0 aliphatic rings. The van der Waals surface area contributed by atoms with Crippen molar-refractivity contribution in [3.63, 3.8) is 0 Å². The molecule has 0 saturated heterocycles. The summed E-state index contributed by atoms with van der Waals surface area (Å²) in [4.78, 5) is 0. The van der Waals surface area contributed by atoms with E-state index in [2.05, 4.69) is 0 Å². The van der Waals surface area contributed by atoms with Crippen molar-refractivity contribution in [2.45, 2.75) is 13.8 Å². The average Bonchev–Trinajstić information content (AvgIpc) is 1.69. The molecule has 0 amide bonds. The van der Waals surface area contributed by atoms with Crippen LogP contribution in [0.5, 0.6) is 0 Å². The van der Waals surface area contributed by atoms with Gasteiger partial charge in [0.15, 0.2) is 17.4 Å². The van der Waals surface area contributed by atoms with Crippen LogP contribution in [0.25, 0.3) is 0 Å². The van der Waals surface area contributed by atoms with Gasteiger partial charge in [0.1, 0.15) is 6.79 Å². The molecule has 0 aliphatic carbocycles.